The Morgan fingerprint density at radius 3 is 2.90 bits per heavy atom. The van der Waals surface area contributed by atoms with Crippen molar-refractivity contribution in [3.8, 4) is 0 Å². The minimum atomic E-state index is 0.414. The number of rotatable bonds is 5. The molecular formula is C15H17N3S2. The van der Waals surface area contributed by atoms with Crippen molar-refractivity contribution in [2.45, 2.75) is 32.9 Å². The highest BCUT2D eigenvalue weighted by molar-refractivity contribution is 7.18. The molecule has 3 nitrogen and oxygen atoms in total. The van der Waals surface area contributed by atoms with E-state index in [0.29, 0.717) is 6.04 Å². The summed E-state index contributed by atoms with van der Waals surface area (Å²) in [5, 5.41) is 4.76. The van der Waals surface area contributed by atoms with E-state index in [4.69, 9.17) is 0 Å². The summed E-state index contributed by atoms with van der Waals surface area (Å²) in [6.07, 6.45) is 0.969. The van der Waals surface area contributed by atoms with Gasteiger partial charge in [0.1, 0.15) is 0 Å². The number of thiazole rings is 2. The third-order valence-corrected chi connectivity index (χ3v) is 5.27. The molecule has 0 aliphatic rings. The molecule has 0 saturated carbocycles. The molecule has 5 heteroatoms. The first-order chi connectivity index (χ1) is 9.72. The van der Waals surface area contributed by atoms with Crippen molar-refractivity contribution in [1.29, 1.82) is 0 Å². The van der Waals surface area contributed by atoms with E-state index in [0.717, 1.165) is 24.2 Å². The molecule has 3 rings (SSSR count). The zero-order valence-electron chi connectivity index (χ0n) is 11.6. The molecule has 2 heterocycles. The zero-order chi connectivity index (χ0) is 13.9. The van der Waals surface area contributed by atoms with E-state index < -0.39 is 0 Å². The SMILES string of the molecule is Cc1ncsc1CN[C@@H](C)Cc1nc2ccccc2s1. The lowest BCUT2D eigenvalue weighted by atomic mass is 10.2. The van der Waals surface area contributed by atoms with Crippen molar-refractivity contribution in [3.63, 3.8) is 0 Å². The van der Waals surface area contributed by atoms with Crippen molar-refractivity contribution in [1.82, 2.24) is 15.3 Å². The summed E-state index contributed by atoms with van der Waals surface area (Å²) < 4.78 is 1.27. The first kappa shape index (κ1) is 13.7. The van der Waals surface area contributed by atoms with Crippen LogP contribution in [0.5, 0.6) is 0 Å². The largest absolute Gasteiger partial charge is 0.309 e. The van der Waals surface area contributed by atoms with E-state index in [2.05, 4.69) is 47.3 Å². The van der Waals surface area contributed by atoms with Crippen LogP contribution in [0.25, 0.3) is 10.2 Å². The maximum atomic E-state index is 4.68. The number of hydrogen-bond acceptors (Lipinski definition) is 5. The highest BCUT2D eigenvalue weighted by Gasteiger charge is 2.09. The van der Waals surface area contributed by atoms with Crippen LogP contribution in [-0.2, 0) is 13.0 Å². The summed E-state index contributed by atoms with van der Waals surface area (Å²) in [5.41, 5.74) is 4.15. The van der Waals surface area contributed by atoms with Crippen LogP contribution in [0, 0.1) is 6.92 Å². The molecule has 0 fully saturated rings. The molecule has 0 aliphatic heterocycles. The summed E-state index contributed by atoms with van der Waals surface area (Å²) >= 11 is 3.51. The molecule has 20 heavy (non-hydrogen) atoms. The molecule has 0 radical (unpaired) electrons. The van der Waals surface area contributed by atoms with Gasteiger partial charge in [-0.05, 0) is 26.0 Å². The fraction of sp³-hybridized carbons (Fsp3) is 0.333. The zero-order valence-corrected chi connectivity index (χ0v) is 13.2. The minimum absolute atomic E-state index is 0.414. The van der Waals surface area contributed by atoms with Gasteiger partial charge in [0.25, 0.3) is 0 Å². The molecule has 2 aromatic heterocycles. The van der Waals surface area contributed by atoms with Crippen LogP contribution in [-0.4, -0.2) is 16.0 Å². The summed E-state index contributed by atoms with van der Waals surface area (Å²) in [6, 6.07) is 8.74. The second-order valence-corrected chi connectivity index (χ2v) is 6.98. The molecule has 0 amide bonds. The minimum Gasteiger partial charge on any atom is -0.309 e. The Kier molecular flexibility index (Phi) is 4.10. The number of nitrogens with zero attached hydrogens (tertiary/aromatic N) is 2. The molecule has 104 valence electrons. The lowest BCUT2D eigenvalue weighted by Crippen LogP contribution is -2.27. The predicted molar refractivity (Wildman–Crippen MR) is 86.5 cm³/mol. The fourth-order valence-corrected chi connectivity index (χ4v) is 3.93. The highest BCUT2D eigenvalue weighted by atomic mass is 32.1. The van der Waals surface area contributed by atoms with Gasteiger partial charge in [-0.15, -0.1) is 22.7 Å². The standard InChI is InChI=1S/C15H17N3S2/c1-10(16-8-14-11(2)17-9-19-14)7-15-18-12-5-3-4-6-13(12)20-15/h3-6,9-10,16H,7-8H2,1-2H3/t10-/m0/s1. The van der Waals surface area contributed by atoms with E-state index in [9.17, 15) is 0 Å². The number of aromatic nitrogens is 2. The van der Waals surface area contributed by atoms with Crippen LogP contribution < -0.4 is 5.32 Å². The molecule has 0 saturated heterocycles. The van der Waals surface area contributed by atoms with E-state index in [1.807, 2.05) is 11.6 Å². The van der Waals surface area contributed by atoms with E-state index in [1.54, 1.807) is 22.7 Å². The number of para-hydroxylation sites is 1. The summed E-state index contributed by atoms with van der Waals surface area (Å²) in [6.45, 7) is 5.16. The van der Waals surface area contributed by atoms with Crippen molar-refractivity contribution < 1.29 is 0 Å². The van der Waals surface area contributed by atoms with Gasteiger partial charge in [0, 0.05) is 23.9 Å². The van der Waals surface area contributed by atoms with E-state index >= 15 is 0 Å². The molecule has 0 unspecified atom stereocenters. The number of aryl methyl sites for hydroxylation is 1. The quantitative estimate of drug-likeness (QED) is 0.779. The molecule has 1 N–H and O–H groups in total. The third-order valence-electron chi connectivity index (χ3n) is 3.27. The Morgan fingerprint density at radius 2 is 2.15 bits per heavy atom. The third kappa shape index (κ3) is 3.06. The molecule has 1 atom stereocenters. The molecule has 0 bridgehead atoms. The maximum absolute atomic E-state index is 4.68. The lowest BCUT2D eigenvalue weighted by molar-refractivity contribution is 0.547. The monoisotopic (exact) mass is 303 g/mol. The maximum Gasteiger partial charge on any atom is 0.0954 e. The van der Waals surface area contributed by atoms with Crippen LogP contribution in [0.1, 0.15) is 22.5 Å². The van der Waals surface area contributed by atoms with E-state index in [-0.39, 0.29) is 0 Å². The normalized spacial score (nSPS) is 12.9. The van der Waals surface area contributed by atoms with Crippen molar-refractivity contribution in [3.05, 3.63) is 45.4 Å². The summed E-state index contributed by atoms with van der Waals surface area (Å²) in [4.78, 5) is 10.3. The van der Waals surface area contributed by atoms with Crippen molar-refractivity contribution >= 4 is 32.9 Å². The first-order valence-electron chi connectivity index (χ1n) is 6.69. The Labute approximate surface area is 126 Å². The molecular weight excluding hydrogens is 286 g/mol. The van der Waals surface area contributed by atoms with Crippen molar-refractivity contribution in [2.75, 3.05) is 0 Å². The molecule has 0 aliphatic carbocycles. The van der Waals surface area contributed by atoms with Crippen LogP contribution in [0.2, 0.25) is 0 Å². The molecule has 3 aromatic rings. The second kappa shape index (κ2) is 5.99. The van der Waals surface area contributed by atoms with Gasteiger partial charge in [0.15, 0.2) is 0 Å². The van der Waals surface area contributed by atoms with Crippen LogP contribution in [0.15, 0.2) is 29.8 Å². The van der Waals surface area contributed by atoms with Crippen LogP contribution in [0.4, 0.5) is 0 Å². The van der Waals surface area contributed by atoms with Crippen LogP contribution in [0.3, 0.4) is 0 Å². The van der Waals surface area contributed by atoms with Gasteiger partial charge >= 0.3 is 0 Å². The number of nitrogens with one attached hydrogen (secondary N) is 1. The Bertz CT molecular complexity index is 669. The van der Waals surface area contributed by atoms with Gasteiger partial charge in [0.05, 0.1) is 26.4 Å². The van der Waals surface area contributed by atoms with Gasteiger partial charge in [0.2, 0.25) is 0 Å². The Morgan fingerprint density at radius 1 is 1.30 bits per heavy atom. The van der Waals surface area contributed by atoms with Crippen LogP contribution >= 0.6 is 22.7 Å². The molecule has 0 spiro atoms. The average molecular weight is 303 g/mol. The number of benzene rings is 1. The Hall–Kier alpha value is -1.30. The van der Waals surface area contributed by atoms with E-state index in [1.165, 1.54) is 14.6 Å². The molecule has 1 aromatic carbocycles. The summed E-state index contributed by atoms with van der Waals surface area (Å²) in [7, 11) is 0. The fourth-order valence-electron chi connectivity index (χ4n) is 2.10. The van der Waals surface area contributed by atoms with Gasteiger partial charge in [-0.25, -0.2) is 9.97 Å². The highest BCUT2D eigenvalue weighted by Crippen LogP contribution is 2.22. The summed E-state index contributed by atoms with van der Waals surface area (Å²) in [5.74, 6) is 0. The first-order valence-corrected chi connectivity index (χ1v) is 8.39. The van der Waals surface area contributed by atoms with Crippen molar-refractivity contribution in [2.24, 2.45) is 0 Å². The average Bonchev–Trinajstić information content (AvgIpc) is 3.01. The second-order valence-electron chi connectivity index (χ2n) is 4.92. The topological polar surface area (TPSA) is 37.8 Å². The van der Waals surface area contributed by atoms with Gasteiger partial charge in [-0.2, -0.15) is 0 Å². The number of hydrogen-bond donors (Lipinski definition) is 1. The van der Waals surface area contributed by atoms with Gasteiger partial charge < -0.3 is 5.32 Å². The van der Waals surface area contributed by atoms with Gasteiger partial charge in [-0.3, -0.25) is 0 Å². The predicted octanol–water partition coefficient (Wildman–Crippen LogP) is 3.78. The lowest BCUT2D eigenvalue weighted by Gasteiger charge is -2.11. The van der Waals surface area contributed by atoms with Gasteiger partial charge in [-0.1, -0.05) is 12.1 Å². The smallest absolute Gasteiger partial charge is 0.0954 e. The number of fused-ring (bicyclic) bond motifs is 1. The Balaban J connectivity index is 1.61.